The minimum absolute atomic E-state index is 0.00491. The molecule has 1 N–H and O–H groups in total. The average Bonchev–Trinajstić information content (AvgIpc) is 2.56. The molecule has 4 heteroatoms. The van der Waals surface area contributed by atoms with Crippen LogP contribution in [-0.2, 0) is 13.2 Å². The molecule has 4 nitrogen and oxygen atoms in total. The maximum Gasteiger partial charge on any atom is 0.268 e. The Morgan fingerprint density at radius 2 is 2.20 bits per heavy atom. The lowest BCUT2D eigenvalue weighted by atomic mass is 10.1. The van der Waals surface area contributed by atoms with Crippen LogP contribution in [0.2, 0.25) is 0 Å². The predicted molar refractivity (Wildman–Crippen MR) is 55.9 cm³/mol. The molecular weight excluding hydrogens is 192 g/mol. The van der Waals surface area contributed by atoms with Crippen molar-refractivity contribution in [2.75, 3.05) is 14.1 Å². The normalized spacial score (nSPS) is 14.9. The molecule has 0 unspecified atom stereocenters. The number of aliphatic hydroxyl groups excluding tert-OH is 1. The van der Waals surface area contributed by atoms with Crippen molar-refractivity contribution in [2.24, 2.45) is 0 Å². The Morgan fingerprint density at radius 1 is 1.47 bits per heavy atom. The van der Waals surface area contributed by atoms with Gasteiger partial charge in [0.05, 0.1) is 13.2 Å². The molecule has 15 heavy (non-hydrogen) atoms. The quantitative estimate of drug-likeness (QED) is 0.771. The Hall–Kier alpha value is -1.39. The SMILES string of the molecule is CN(C)N1Cc2ccc(CO)cc2C1=O. The molecule has 0 bridgehead atoms. The van der Waals surface area contributed by atoms with Crippen molar-refractivity contribution in [1.82, 2.24) is 10.0 Å². The highest BCUT2D eigenvalue weighted by Gasteiger charge is 2.28. The Morgan fingerprint density at radius 3 is 2.80 bits per heavy atom. The number of carbonyl (C=O) groups excluding carboxylic acids is 1. The molecule has 2 rings (SSSR count). The van der Waals surface area contributed by atoms with Crippen LogP contribution in [-0.4, -0.2) is 35.1 Å². The topological polar surface area (TPSA) is 43.8 Å². The van der Waals surface area contributed by atoms with Crippen LogP contribution in [0.1, 0.15) is 21.5 Å². The van der Waals surface area contributed by atoms with E-state index < -0.39 is 0 Å². The number of hydrazine groups is 1. The van der Waals surface area contributed by atoms with Crippen molar-refractivity contribution < 1.29 is 9.90 Å². The van der Waals surface area contributed by atoms with Crippen LogP contribution in [0.4, 0.5) is 0 Å². The van der Waals surface area contributed by atoms with Crippen LogP contribution in [0.25, 0.3) is 0 Å². The molecule has 80 valence electrons. The van der Waals surface area contributed by atoms with Gasteiger partial charge in [-0.25, -0.2) is 5.01 Å². The van der Waals surface area contributed by atoms with E-state index >= 15 is 0 Å². The summed E-state index contributed by atoms with van der Waals surface area (Å²) in [7, 11) is 3.69. The summed E-state index contributed by atoms with van der Waals surface area (Å²) in [6.07, 6.45) is 0. The second-order valence-corrected chi connectivity index (χ2v) is 3.86. The van der Waals surface area contributed by atoms with Crippen molar-refractivity contribution >= 4 is 5.91 Å². The zero-order valence-electron chi connectivity index (χ0n) is 8.90. The van der Waals surface area contributed by atoms with Crippen molar-refractivity contribution in [2.45, 2.75) is 13.2 Å². The zero-order valence-corrected chi connectivity index (χ0v) is 8.90. The molecule has 0 fully saturated rings. The number of amides is 1. The van der Waals surface area contributed by atoms with Crippen molar-refractivity contribution in [3.05, 3.63) is 34.9 Å². The molecule has 0 saturated carbocycles. The highest BCUT2D eigenvalue weighted by atomic mass is 16.3. The lowest BCUT2D eigenvalue weighted by molar-refractivity contribution is 0.0223. The zero-order chi connectivity index (χ0) is 11.0. The molecule has 1 amide bonds. The number of rotatable bonds is 2. The monoisotopic (exact) mass is 206 g/mol. The highest BCUT2D eigenvalue weighted by Crippen LogP contribution is 2.24. The van der Waals surface area contributed by atoms with E-state index in [0.29, 0.717) is 12.1 Å². The van der Waals surface area contributed by atoms with Gasteiger partial charge in [-0.3, -0.25) is 9.80 Å². The summed E-state index contributed by atoms with van der Waals surface area (Å²) in [6.45, 7) is 0.593. The summed E-state index contributed by atoms with van der Waals surface area (Å²) in [5.74, 6) is 0.00491. The van der Waals surface area contributed by atoms with E-state index in [0.717, 1.165) is 11.1 Å². The van der Waals surface area contributed by atoms with E-state index in [-0.39, 0.29) is 12.5 Å². The largest absolute Gasteiger partial charge is 0.392 e. The lowest BCUT2D eigenvalue weighted by Gasteiger charge is -2.23. The van der Waals surface area contributed by atoms with Gasteiger partial charge in [-0.1, -0.05) is 12.1 Å². The number of fused-ring (bicyclic) bond motifs is 1. The fraction of sp³-hybridized carbons (Fsp3) is 0.364. The molecule has 1 aliphatic heterocycles. The van der Waals surface area contributed by atoms with Crippen LogP contribution in [0, 0.1) is 0 Å². The van der Waals surface area contributed by atoms with Gasteiger partial charge in [-0.2, -0.15) is 0 Å². The minimum atomic E-state index is -0.0253. The fourth-order valence-corrected chi connectivity index (χ4v) is 1.75. The molecule has 1 aliphatic rings. The number of aliphatic hydroxyl groups is 1. The molecule has 0 aliphatic carbocycles. The molecule has 1 aromatic rings. The van der Waals surface area contributed by atoms with Gasteiger partial charge in [-0.05, 0) is 17.2 Å². The number of carbonyl (C=O) groups is 1. The van der Waals surface area contributed by atoms with Crippen LogP contribution >= 0.6 is 0 Å². The molecule has 1 aromatic carbocycles. The van der Waals surface area contributed by atoms with E-state index in [1.807, 2.05) is 26.2 Å². The van der Waals surface area contributed by atoms with Gasteiger partial charge in [-0.15, -0.1) is 0 Å². The molecular formula is C11H14N2O2. The summed E-state index contributed by atoms with van der Waals surface area (Å²) in [5, 5.41) is 12.4. The Bertz CT molecular complexity index is 402. The first-order valence-corrected chi connectivity index (χ1v) is 4.85. The molecule has 0 saturated heterocycles. The van der Waals surface area contributed by atoms with Crippen LogP contribution < -0.4 is 0 Å². The van der Waals surface area contributed by atoms with E-state index in [4.69, 9.17) is 5.11 Å². The van der Waals surface area contributed by atoms with E-state index in [1.54, 1.807) is 16.1 Å². The molecule has 0 radical (unpaired) electrons. The highest BCUT2D eigenvalue weighted by molar-refractivity contribution is 5.98. The first kappa shape index (κ1) is 10.1. The fourth-order valence-electron chi connectivity index (χ4n) is 1.75. The predicted octanol–water partition coefficient (Wildman–Crippen LogP) is 0.611. The second-order valence-electron chi connectivity index (χ2n) is 3.86. The average molecular weight is 206 g/mol. The summed E-state index contributed by atoms with van der Waals surface area (Å²) >= 11 is 0. The Kier molecular flexibility index (Phi) is 2.46. The number of hydrogen-bond donors (Lipinski definition) is 1. The molecule has 0 spiro atoms. The number of hydrogen-bond acceptors (Lipinski definition) is 3. The van der Waals surface area contributed by atoms with Gasteiger partial charge >= 0.3 is 0 Å². The van der Waals surface area contributed by atoms with Crippen molar-refractivity contribution in [3.63, 3.8) is 0 Å². The standard InChI is InChI=1S/C11H14N2O2/c1-12(2)13-6-9-4-3-8(7-14)5-10(9)11(13)15/h3-5,14H,6-7H2,1-2H3. The van der Waals surface area contributed by atoms with Gasteiger partial charge in [0.2, 0.25) is 0 Å². The van der Waals surface area contributed by atoms with Gasteiger partial charge in [0.25, 0.3) is 5.91 Å². The summed E-state index contributed by atoms with van der Waals surface area (Å²) in [6, 6.07) is 5.52. The van der Waals surface area contributed by atoms with Gasteiger partial charge in [0, 0.05) is 19.7 Å². The van der Waals surface area contributed by atoms with Crippen molar-refractivity contribution in [1.29, 1.82) is 0 Å². The van der Waals surface area contributed by atoms with E-state index in [1.165, 1.54) is 0 Å². The molecule has 0 atom stereocenters. The maximum absolute atomic E-state index is 11.9. The lowest BCUT2D eigenvalue weighted by Crippen LogP contribution is -2.36. The number of benzene rings is 1. The third kappa shape index (κ3) is 1.62. The molecule has 0 aromatic heterocycles. The maximum atomic E-state index is 11.9. The molecule has 1 heterocycles. The number of nitrogens with zero attached hydrogens (tertiary/aromatic N) is 2. The third-order valence-electron chi connectivity index (χ3n) is 2.62. The van der Waals surface area contributed by atoms with Crippen LogP contribution in [0.5, 0.6) is 0 Å². The Labute approximate surface area is 88.7 Å². The summed E-state index contributed by atoms with van der Waals surface area (Å²) in [5.41, 5.74) is 2.50. The van der Waals surface area contributed by atoms with Gasteiger partial charge in [0.1, 0.15) is 0 Å². The van der Waals surface area contributed by atoms with E-state index in [2.05, 4.69) is 0 Å². The third-order valence-corrected chi connectivity index (χ3v) is 2.62. The summed E-state index contributed by atoms with van der Waals surface area (Å²) in [4.78, 5) is 11.9. The first-order valence-electron chi connectivity index (χ1n) is 4.85. The van der Waals surface area contributed by atoms with E-state index in [9.17, 15) is 4.79 Å². The van der Waals surface area contributed by atoms with Crippen LogP contribution in [0.3, 0.4) is 0 Å². The minimum Gasteiger partial charge on any atom is -0.392 e. The Balaban J connectivity index is 2.38. The van der Waals surface area contributed by atoms with Crippen LogP contribution in [0.15, 0.2) is 18.2 Å². The summed E-state index contributed by atoms with van der Waals surface area (Å²) < 4.78 is 0. The second kappa shape index (κ2) is 3.64. The van der Waals surface area contributed by atoms with Gasteiger partial charge in [0.15, 0.2) is 0 Å². The van der Waals surface area contributed by atoms with Gasteiger partial charge < -0.3 is 5.11 Å². The smallest absolute Gasteiger partial charge is 0.268 e. The first-order chi connectivity index (χ1) is 7.13. The van der Waals surface area contributed by atoms with Crippen molar-refractivity contribution in [3.8, 4) is 0 Å².